The molecule has 1 heterocycles. The highest BCUT2D eigenvalue weighted by molar-refractivity contribution is 5.69. The molecule has 0 spiro atoms. The van der Waals surface area contributed by atoms with E-state index in [0.29, 0.717) is 23.7 Å². The van der Waals surface area contributed by atoms with Crippen molar-refractivity contribution >= 4 is 11.5 Å². The number of hydrogen-bond acceptors (Lipinski definition) is 5. The zero-order valence-corrected chi connectivity index (χ0v) is 9.77. The largest absolute Gasteiger partial charge is 0.395 e. The van der Waals surface area contributed by atoms with Crippen molar-refractivity contribution in [3.63, 3.8) is 0 Å². The summed E-state index contributed by atoms with van der Waals surface area (Å²) in [6.45, 7) is 2.58. The fourth-order valence-corrected chi connectivity index (χ4v) is 1.40. The topological polar surface area (TPSA) is 75.2 Å². The number of hydrogen-bond donors (Lipinski definition) is 1. The summed E-state index contributed by atoms with van der Waals surface area (Å²) in [7, 11) is 3.52. The number of nitriles is 1. The van der Waals surface area contributed by atoms with Gasteiger partial charge < -0.3 is 15.4 Å². The van der Waals surface area contributed by atoms with Crippen LogP contribution in [-0.4, -0.2) is 31.8 Å². The number of methoxy groups -OCH3 is 1. The quantitative estimate of drug-likeness (QED) is 0.819. The van der Waals surface area contributed by atoms with Crippen molar-refractivity contribution in [2.45, 2.75) is 13.0 Å². The Labute approximate surface area is 95.4 Å². The Morgan fingerprint density at radius 2 is 2.38 bits per heavy atom. The number of likely N-dealkylation sites (N-methyl/N-ethyl adjacent to an activating group) is 1. The Kier molecular flexibility index (Phi) is 4.09. The predicted octanol–water partition coefficient (Wildman–Crippen LogP) is 1.01. The summed E-state index contributed by atoms with van der Waals surface area (Å²) < 4.78 is 5.07. The lowest BCUT2D eigenvalue weighted by atomic mass is 10.2. The van der Waals surface area contributed by atoms with Gasteiger partial charge in [-0.1, -0.05) is 0 Å². The molecule has 16 heavy (non-hydrogen) atoms. The maximum absolute atomic E-state index is 8.87. The summed E-state index contributed by atoms with van der Waals surface area (Å²) in [5, 5.41) is 8.87. The van der Waals surface area contributed by atoms with Crippen LogP contribution in [0.5, 0.6) is 0 Å². The molecule has 0 fully saturated rings. The lowest BCUT2D eigenvalue weighted by Gasteiger charge is -2.26. The van der Waals surface area contributed by atoms with Gasteiger partial charge in [-0.25, -0.2) is 4.98 Å². The summed E-state index contributed by atoms with van der Waals surface area (Å²) >= 11 is 0. The monoisotopic (exact) mass is 220 g/mol. The fourth-order valence-electron chi connectivity index (χ4n) is 1.40. The van der Waals surface area contributed by atoms with Crippen molar-refractivity contribution in [2.24, 2.45) is 0 Å². The van der Waals surface area contributed by atoms with Gasteiger partial charge in [0.05, 0.1) is 23.9 Å². The number of anilines is 2. The van der Waals surface area contributed by atoms with Crippen molar-refractivity contribution in [3.8, 4) is 6.07 Å². The first-order chi connectivity index (χ1) is 7.61. The molecule has 0 aliphatic carbocycles. The third-order valence-corrected chi connectivity index (χ3v) is 2.49. The van der Waals surface area contributed by atoms with Gasteiger partial charge in [-0.15, -0.1) is 0 Å². The van der Waals surface area contributed by atoms with E-state index in [0.717, 1.165) is 0 Å². The minimum atomic E-state index is 0.147. The molecule has 0 saturated heterocycles. The van der Waals surface area contributed by atoms with Crippen LogP contribution < -0.4 is 10.6 Å². The van der Waals surface area contributed by atoms with E-state index >= 15 is 0 Å². The van der Waals surface area contributed by atoms with Gasteiger partial charge in [0.1, 0.15) is 6.07 Å². The second-order valence-corrected chi connectivity index (χ2v) is 3.62. The number of aromatic nitrogens is 1. The number of rotatable bonds is 4. The molecule has 5 heteroatoms. The zero-order chi connectivity index (χ0) is 12.1. The number of ether oxygens (including phenoxy) is 1. The number of nitrogen functional groups attached to an aromatic ring is 1. The molecule has 2 N–H and O–H groups in total. The van der Waals surface area contributed by atoms with Crippen molar-refractivity contribution in [2.75, 3.05) is 31.4 Å². The summed E-state index contributed by atoms with van der Waals surface area (Å²) in [4.78, 5) is 6.09. The first-order valence-electron chi connectivity index (χ1n) is 4.98. The van der Waals surface area contributed by atoms with E-state index in [4.69, 9.17) is 15.7 Å². The Balaban J connectivity index is 3.00. The molecule has 0 aromatic carbocycles. The molecule has 1 aromatic heterocycles. The Morgan fingerprint density at radius 3 is 2.94 bits per heavy atom. The van der Waals surface area contributed by atoms with Gasteiger partial charge in [-0.2, -0.15) is 5.26 Å². The minimum Gasteiger partial charge on any atom is -0.395 e. The summed E-state index contributed by atoms with van der Waals surface area (Å²) in [6, 6.07) is 3.79. The summed E-state index contributed by atoms with van der Waals surface area (Å²) in [6.07, 6.45) is 1.58. The van der Waals surface area contributed by atoms with E-state index in [1.807, 2.05) is 24.9 Å². The van der Waals surface area contributed by atoms with Crippen molar-refractivity contribution < 1.29 is 4.74 Å². The summed E-state index contributed by atoms with van der Waals surface area (Å²) in [5.41, 5.74) is 6.72. The average Bonchev–Trinajstić information content (AvgIpc) is 2.29. The summed E-state index contributed by atoms with van der Waals surface area (Å²) in [5.74, 6) is 0.614. The average molecular weight is 220 g/mol. The van der Waals surface area contributed by atoms with Crippen molar-refractivity contribution in [1.29, 1.82) is 5.26 Å². The van der Waals surface area contributed by atoms with Crippen LogP contribution in [0.4, 0.5) is 11.5 Å². The number of pyridine rings is 1. The van der Waals surface area contributed by atoms with Gasteiger partial charge >= 0.3 is 0 Å². The molecular formula is C11H16N4O. The third-order valence-electron chi connectivity index (χ3n) is 2.49. The molecule has 0 aliphatic heterocycles. The van der Waals surface area contributed by atoms with Crippen LogP contribution in [0.1, 0.15) is 12.5 Å². The van der Waals surface area contributed by atoms with E-state index in [-0.39, 0.29) is 6.04 Å². The normalized spacial score (nSPS) is 11.9. The molecule has 1 rings (SSSR count). The van der Waals surface area contributed by atoms with E-state index in [1.54, 1.807) is 19.4 Å². The van der Waals surface area contributed by atoms with Gasteiger partial charge in [0, 0.05) is 20.4 Å². The molecule has 0 amide bonds. The van der Waals surface area contributed by atoms with Crippen molar-refractivity contribution in [3.05, 3.63) is 17.8 Å². The molecular weight excluding hydrogens is 204 g/mol. The molecule has 0 aliphatic rings. The molecule has 0 radical (unpaired) electrons. The first kappa shape index (κ1) is 12.3. The van der Waals surface area contributed by atoms with Crippen LogP contribution in [0.3, 0.4) is 0 Å². The lowest BCUT2D eigenvalue weighted by Crippen LogP contribution is -2.33. The van der Waals surface area contributed by atoms with Gasteiger partial charge in [0.15, 0.2) is 5.82 Å². The lowest BCUT2D eigenvalue weighted by molar-refractivity contribution is 0.183. The standard InChI is InChI=1S/C11H16N4O/c1-8(7-16-3)15(2)11-10(13)9(6-12)4-5-14-11/h4-5,8H,7,13H2,1-3H3. The highest BCUT2D eigenvalue weighted by Gasteiger charge is 2.15. The molecule has 1 unspecified atom stereocenters. The van der Waals surface area contributed by atoms with E-state index in [9.17, 15) is 0 Å². The van der Waals surface area contributed by atoms with E-state index in [1.165, 1.54) is 0 Å². The maximum atomic E-state index is 8.87. The minimum absolute atomic E-state index is 0.147. The van der Waals surface area contributed by atoms with Crippen LogP contribution in [0.25, 0.3) is 0 Å². The molecule has 86 valence electrons. The van der Waals surface area contributed by atoms with Crippen LogP contribution >= 0.6 is 0 Å². The molecule has 1 aromatic rings. The Hall–Kier alpha value is -1.80. The van der Waals surface area contributed by atoms with Gasteiger partial charge in [-0.3, -0.25) is 0 Å². The molecule has 1 atom stereocenters. The highest BCUT2D eigenvalue weighted by Crippen LogP contribution is 2.23. The van der Waals surface area contributed by atoms with Crippen LogP contribution in [-0.2, 0) is 4.74 Å². The van der Waals surface area contributed by atoms with Gasteiger partial charge in [0.2, 0.25) is 0 Å². The smallest absolute Gasteiger partial charge is 0.153 e. The van der Waals surface area contributed by atoms with Crippen molar-refractivity contribution in [1.82, 2.24) is 4.98 Å². The third kappa shape index (κ3) is 2.41. The zero-order valence-electron chi connectivity index (χ0n) is 9.77. The molecule has 0 bridgehead atoms. The predicted molar refractivity (Wildman–Crippen MR) is 63.1 cm³/mol. The van der Waals surface area contributed by atoms with Crippen LogP contribution in [0, 0.1) is 11.3 Å². The second kappa shape index (κ2) is 5.33. The molecule has 5 nitrogen and oxygen atoms in total. The highest BCUT2D eigenvalue weighted by atomic mass is 16.5. The van der Waals surface area contributed by atoms with E-state index in [2.05, 4.69) is 4.98 Å². The SMILES string of the molecule is COCC(C)N(C)c1nccc(C#N)c1N. The van der Waals surface area contributed by atoms with E-state index < -0.39 is 0 Å². The first-order valence-corrected chi connectivity index (χ1v) is 4.98. The van der Waals surface area contributed by atoms with Crippen LogP contribution in [0.2, 0.25) is 0 Å². The Morgan fingerprint density at radius 1 is 1.69 bits per heavy atom. The molecule has 0 saturated carbocycles. The number of nitrogens with two attached hydrogens (primary N) is 1. The number of nitrogens with zero attached hydrogens (tertiary/aromatic N) is 3. The Bertz CT molecular complexity index is 399. The second-order valence-electron chi connectivity index (χ2n) is 3.62. The van der Waals surface area contributed by atoms with Gasteiger partial charge in [0.25, 0.3) is 0 Å². The fraction of sp³-hybridized carbons (Fsp3) is 0.455. The maximum Gasteiger partial charge on any atom is 0.153 e. The van der Waals surface area contributed by atoms with Crippen LogP contribution in [0.15, 0.2) is 12.3 Å². The van der Waals surface area contributed by atoms with Gasteiger partial charge in [-0.05, 0) is 13.0 Å².